The van der Waals surface area contributed by atoms with E-state index in [4.69, 9.17) is 0 Å². The Balaban J connectivity index is 2.66. The smallest absolute Gasteiger partial charge is 0.175 e. The molecule has 0 aromatic heterocycles. The number of carbonyl (C=O) groups excluding carboxylic acids is 1. The van der Waals surface area contributed by atoms with Crippen molar-refractivity contribution in [3.8, 4) is 0 Å². The first-order chi connectivity index (χ1) is 8.13. The van der Waals surface area contributed by atoms with E-state index in [9.17, 15) is 4.79 Å². The largest absolute Gasteiger partial charge is 0.295 e. The highest BCUT2D eigenvalue weighted by Gasteiger charge is 2.06. The van der Waals surface area contributed by atoms with Gasteiger partial charge in [-0.3, -0.25) is 9.80 Å². The highest BCUT2D eigenvalue weighted by Crippen LogP contribution is 2.04. The van der Waals surface area contributed by atoms with Crippen molar-refractivity contribution < 1.29 is 4.79 Å². The van der Waals surface area contributed by atoms with Gasteiger partial charge >= 0.3 is 0 Å². The van der Waals surface area contributed by atoms with Crippen molar-refractivity contribution in [2.24, 2.45) is 5.10 Å². The summed E-state index contributed by atoms with van der Waals surface area (Å²) in [7, 11) is 1.89. The van der Waals surface area contributed by atoms with Crippen LogP contribution >= 0.6 is 0 Å². The third-order valence-electron chi connectivity index (χ3n) is 2.44. The molecule has 1 aromatic rings. The molecule has 0 aliphatic heterocycles. The second-order valence-corrected chi connectivity index (χ2v) is 4.15. The Kier molecular flexibility index (Phi) is 5.40. The van der Waals surface area contributed by atoms with E-state index in [1.807, 2.05) is 30.3 Å². The fraction of sp³-hybridized carbons (Fsp3) is 0.429. The van der Waals surface area contributed by atoms with Crippen molar-refractivity contribution in [3.63, 3.8) is 0 Å². The van der Waals surface area contributed by atoms with Crippen LogP contribution in [0.1, 0.15) is 32.3 Å². The Morgan fingerprint density at radius 3 is 2.47 bits per heavy atom. The Hall–Kier alpha value is -1.64. The summed E-state index contributed by atoms with van der Waals surface area (Å²) in [5.74, 6) is 0.0618. The van der Waals surface area contributed by atoms with Crippen LogP contribution in [-0.4, -0.2) is 23.6 Å². The molecule has 0 fully saturated rings. The van der Waals surface area contributed by atoms with Gasteiger partial charge in [-0.05, 0) is 12.0 Å². The molecule has 0 amide bonds. The first-order valence-corrected chi connectivity index (χ1v) is 5.97. The summed E-state index contributed by atoms with van der Waals surface area (Å²) < 4.78 is 0. The van der Waals surface area contributed by atoms with Crippen molar-refractivity contribution in [2.45, 2.75) is 33.2 Å². The second kappa shape index (κ2) is 6.84. The van der Waals surface area contributed by atoms with Crippen LogP contribution in [0.5, 0.6) is 0 Å². The zero-order valence-corrected chi connectivity index (χ0v) is 10.8. The van der Waals surface area contributed by atoms with Crippen molar-refractivity contribution in [1.29, 1.82) is 0 Å². The summed E-state index contributed by atoms with van der Waals surface area (Å²) in [5, 5.41) is 6.18. The predicted octanol–water partition coefficient (Wildman–Crippen LogP) is 2.86. The predicted molar refractivity (Wildman–Crippen MR) is 70.9 cm³/mol. The molecule has 0 heterocycles. The minimum Gasteiger partial charge on any atom is -0.295 e. The summed E-state index contributed by atoms with van der Waals surface area (Å²) in [5.41, 5.74) is 1.85. The van der Waals surface area contributed by atoms with Gasteiger partial charge in [-0.15, -0.1) is 0 Å². The first kappa shape index (κ1) is 13.4. The quantitative estimate of drug-likeness (QED) is 0.558. The van der Waals surface area contributed by atoms with E-state index in [1.54, 1.807) is 6.92 Å². The number of benzene rings is 1. The van der Waals surface area contributed by atoms with E-state index in [-0.39, 0.29) is 5.78 Å². The number of hydrogen-bond acceptors (Lipinski definition) is 3. The van der Waals surface area contributed by atoms with Crippen LogP contribution in [0.25, 0.3) is 0 Å². The summed E-state index contributed by atoms with van der Waals surface area (Å²) in [4.78, 5) is 11.4. The SMILES string of the molecule is CCCC(=NN(C)Cc1ccccc1)C(C)=O. The highest BCUT2D eigenvalue weighted by atomic mass is 16.1. The van der Waals surface area contributed by atoms with Crippen molar-refractivity contribution in [3.05, 3.63) is 35.9 Å². The molecular weight excluding hydrogens is 212 g/mol. The molecule has 0 N–H and O–H groups in total. The lowest BCUT2D eigenvalue weighted by Crippen LogP contribution is -2.18. The van der Waals surface area contributed by atoms with Crippen molar-refractivity contribution in [2.75, 3.05) is 7.05 Å². The molecule has 0 saturated heterocycles. The van der Waals surface area contributed by atoms with Crippen molar-refractivity contribution in [1.82, 2.24) is 5.01 Å². The van der Waals surface area contributed by atoms with Crippen LogP contribution in [0.3, 0.4) is 0 Å². The standard InChI is InChI=1S/C14H20N2O/c1-4-8-14(12(2)17)15-16(3)11-13-9-6-5-7-10-13/h5-7,9-10H,4,8,11H2,1-3H3. The molecule has 3 heteroatoms. The van der Waals surface area contributed by atoms with Gasteiger partial charge in [0, 0.05) is 14.0 Å². The molecule has 92 valence electrons. The van der Waals surface area contributed by atoms with Crippen molar-refractivity contribution >= 4 is 11.5 Å². The minimum atomic E-state index is 0.0618. The Morgan fingerprint density at radius 2 is 1.94 bits per heavy atom. The van der Waals surface area contributed by atoms with Gasteiger partial charge in [-0.2, -0.15) is 5.10 Å². The molecule has 0 atom stereocenters. The molecule has 1 aromatic carbocycles. The second-order valence-electron chi connectivity index (χ2n) is 4.15. The van der Waals surface area contributed by atoms with Gasteiger partial charge in [-0.1, -0.05) is 43.7 Å². The Labute approximate surface area is 103 Å². The van der Waals surface area contributed by atoms with E-state index in [0.29, 0.717) is 5.71 Å². The Morgan fingerprint density at radius 1 is 1.29 bits per heavy atom. The van der Waals surface area contributed by atoms with Crippen LogP contribution in [0, 0.1) is 0 Å². The van der Waals surface area contributed by atoms with Crippen LogP contribution in [0.2, 0.25) is 0 Å². The van der Waals surface area contributed by atoms with Crippen LogP contribution in [-0.2, 0) is 11.3 Å². The maximum atomic E-state index is 11.4. The average molecular weight is 232 g/mol. The maximum absolute atomic E-state index is 11.4. The van der Waals surface area contributed by atoms with Crippen LogP contribution in [0.4, 0.5) is 0 Å². The van der Waals surface area contributed by atoms with Gasteiger partial charge in [0.1, 0.15) is 5.71 Å². The van der Waals surface area contributed by atoms with Crippen LogP contribution < -0.4 is 0 Å². The van der Waals surface area contributed by atoms with E-state index in [2.05, 4.69) is 24.2 Å². The van der Waals surface area contributed by atoms with Crippen LogP contribution in [0.15, 0.2) is 35.4 Å². The van der Waals surface area contributed by atoms with E-state index in [0.717, 1.165) is 19.4 Å². The normalized spacial score (nSPS) is 11.4. The fourth-order valence-electron chi connectivity index (χ4n) is 1.62. The summed E-state index contributed by atoms with van der Waals surface area (Å²) in [6.45, 7) is 4.35. The summed E-state index contributed by atoms with van der Waals surface area (Å²) >= 11 is 0. The summed E-state index contributed by atoms with van der Waals surface area (Å²) in [6, 6.07) is 10.1. The number of carbonyl (C=O) groups is 1. The minimum absolute atomic E-state index is 0.0618. The molecule has 3 nitrogen and oxygen atoms in total. The number of hydrazone groups is 1. The number of rotatable bonds is 6. The molecule has 0 aliphatic carbocycles. The van der Waals surface area contributed by atoms with E-state index in [1.165, 1.54) is 5.56 Å². The third-order valence-corrected chi connectivity index (χ3v) is 2.44. The van der Waals surface area contributed by atoms with E-state index >= 15 is 0 Å². The third kappa shape index (κ3) is 4.81. The van der Waals surface area contributed by atoms with Gasteiger partial charge in [-0.25, -0.2) is 0 Å². The highest BCUT2D eigenvalue weighted by molar-refractivity contribution is 6.38. The van der Waals surface area contributed by atoms with Gasteiger partial charge < -0.3 is 0 Å². The molecule has 0 unspecified atom stereocenters. The molecule has 0 saturated carbocycles. The van der Waals surface area contributed by atoms with Gasteiger partial charge in [0.05, 0.1) is 6.54 Å². The van der Waals surface area contributed by atoms with E-state index < -0.39 is 0 Å². The molecule has 0 bridgehead atoms. The number of ketones is 1. The summed E-state index contributed by atoms with van der Waals surface area (Å²) in [6.07, 6.45) is 1.69. The lowest BCUT2D eigenvalue weighted by atomic mass is 10.2. The zero-order valence-electron chi connectivity index (χ0n) is 10.8. The molecule has 0 radical (unpaired) electrons. The maximum Gasteiger partial charge on any atom is 0.175 e. The fourth-order valence-corrected chi connectivity index (χ4v) is 1.62. The molecule has 17 heavy (non-hydrogen) atoms. The van der Waals surface area contributed by atoms with Gasteiger partial charge in [0.15, 0.2) is 5.78 Å². The monoisotopic (exact) mass is 232 g/mol. The Bertz CT molecular complexity index is 384. The molecular formula is C14H20N2O. The van der Waals surface area contributed by atoms with Gasteiger partial charge in [0.2, 0.25) is 0 Å². The zero-order chi connectivity index (χ0) is 12.7. The molecule has 0 spiro atoms. The lowest BCUT2D eigenvalue weighted by Gasteiger charge is -2.14. The number of hydrogen-bond donors (Lipinski definition) is 0. The molecule has 0 aliphatic rings. The topological polar surface area (TPSA) is 32.7 Å². The average Bonchev–Trinajstić information content (AvgIpc) is 2.29. The molecule has 1 rings (SSSR count). The lowest BCUT2D eigenvalue weighted by molar-refractivity contribution is -0.111. The van der Waals surface area contributed by atoms with Gasteiger partial charge in [0.25, 0.3) is 0 Å². The number of nitrogens with zero attached hydrogens (tertiary/aromatic N) is 2. The first-order valence-electron chi connectivity index (χ1n) is 5.97. The number of Topliss-reactive ketones (excluding diaryl/α,β-unsaturated/α-hetero) is 1.